The van der Waals surface area contributed by atoms with Gasteiger partial charge < -0.3 is 14.4 Å². The van der Waals surface area contributed by atoms with Crippen LogP contribution in [-0.4, -0.2) is 39.3 Å². The maximum atomic E-state index is 12.8. The molecule has 2 rings (SSSR count). The number of hydrogen-bond acceptors (Lipinski definition) is 6. The van der Waals surface area contributed by atoms with Crippen LogP contribution in [0.1, 0.15) is 25.6 Å². The Morgan fingerprint density at radius 2 is 2.00 bits per heavy atom. The zero-order valence-electron chi connectivity index (χ0n) is 12.9. The smallest absolute Gasteiger partial charge is 0.240 e. The monoisotopic (exact) mass is 309 g/mol. The quantitative estimate of drug-likeness (QED) is 0.843. The standard InChI is InChI=1S/C15H20FN3O3/c1-15(2,20)10-19(3)8-14-17-13(18-22-14)9-21-12-6-4-11(16)5-7-12/h4-7,20H,8-10H2,1-3H3. The number of nitrogens with zero attached hydrogens (tertiary/aromatic N) is 3. The van der Waals surface area contributed by atoms with Crippen LogP contribution in [0.4, 0.5) is 4.39 Å². The second-order valence-corrected chi connectivity index (χ2v) is 5.83. The van der Waals surface area contributed by atoms with Gasteiger partial charge in [-0.2, -0.15) is 4.98 Å². The van der Waals surface area contributed by atoms with Crippen molar-refractivity contribution in [3.63, 3.8) is 0 Å². The van der Waals surface area contributed by atoms with Gasteiger partial charge in [-0.15, -0.1) is 0 Å². The molecule has 1 aromatic carbocycles. The Bertz CT molecular complexity index is 593. The third kappa shape index (κ3) is 5.42. The first-order valence-corrected chi connectivity index (χ1v) is 6.92. The highest BCUT2D eigenvalue weighted by atomic mass is 19.1. The minimum absolute atomic E-state index is 0.143. The predicted octanol–water partition coefficient (Wildman–Crippen LogP) is 1.99. The van der Waals surface area contributed by atoms with Crippen LogP contribution >= 0.6 is 0 Å². The molecule has 0 fully saturated rings. The van der Waals surface area contributed by atoms with Crippen LogP contribution in [0.5, 0.6) is 5.75 Å². The van der Waals surface area contributed by atoms with Crippen LogP contribution in [0.2, 0.25) is 0 Å². The number of aromatic nitrogens is 2. The molecule has 0 atom stereocenters. The van der Waals surface area contributed by atoms with E-state index in [1.54, 1.807) is 13.8 Å². The summed E-state index contributed by atoms with van der Waals surface area (Å²) < 4.78 is 23.3. The first-order valence-electron chi connectivity index (χ1n) is 6.92. The topological polar surface area (TPSA) is 71.6 Å². The largest absolute Gasteiger partial charge is 0.485 e. The molecule has 120 valence electrons. The van der Waals surface area contributed by atoms with Crippen molar-refractivity contribution in [1.82, 2.24) is 15.0 Å². The molecule has 0 bridgehead atoms. The van der Waals surface area contributed by atoms with Crippen LogP contribution in [0.15, 0.2) is 28.8 Å². The van der Waals surface area contributed by atoms with Crippen molar-refractivity contribution in [3.8, 4) is 5.75 Å². The predicted molar refractivity (Wildman–Crippen MR) is 77.7 cm³/mol. The molecule has 22 heavy (non-hydrogen) atoms. The Kier molecular flexibility index (Phi) is 5.10. The highest BCUT2D eigenvalue weighted by Crippen LogP contribution is 2.13. The van der Waals surface area contributed by atoms with Gasteiger partial charge in [0.1, 0.15) is 11.6 Å². The summed E-state index contributed by atoms with van der Waals surface area (Å²) in [6.45, 7) is 4.53. The van der Waals surface area contributed by atoms with Gasteiger partial charge in [-0.05, 0) is 45.2 Å². The molecule has 0 radical (unpaired) electrons. The molecular weight excluding hydrogens is 289 g/mol. The van der Waals surface area contributed by atoms with Crippen molar-refractivity contribution in [2.75, 3.05) is 13.6 Å². The molecule has 0 aliphatic heterocycles. The minimum atomic E-state index is -0.788. The van der Waals surface area contributed by atoms with Crippen LogP contribution in [0.25, 0.3) is 0 Å². The first-order chi connectivity index (χ1) is 10.3. The number of likely N-dealkylation sites (N-methyl/N-ethyl adjacent to an activating group) is 1. The van der Waals surface area contributed by atoms with Crippen LogP contribution in [0.3, 0.4) is 0 Å². The zero-order valence-corrected chi connectivity index (χ0v) is 12.9. The second kappa shape index (κ2) is 6.85. The van der Waals surface area contributed by atoms with Gasteiger partial charge in [0.2, 0.25) is 11.7 Å². The molecule has 0 unspecified atom stereocenters. The normalized spacial score (nSPS) is 11.9. The Morgan fingerprint density at radius 3 is 2.64 bits per heavy atom. The number of aliphatic hydroxyl groups is 1. The lowest BCUT2D eigenvalue weighted by Gasteiger charge is -2.23. The summed E-state index contributed by atoms with van der Waals surface area (Å²) in [5, 5.41) is 13.6. The van der Waals surface area contributed by atoms with Crippen LogP contribution in [0, 0.1) is 5.82 Å². The molecule has 0 saturated heterocycles. The van der Waals surface area contributed by atoms with Gasteiger partial charge in [0, 0.05) is 6.54 Å². The van der Waals surface area contributed by atoms with Gasteiger partial charge in [0.15, 0.2) is 6.61 Å². The molecule has 2 aromatic rings. The molecule has 1 heterocycles. The number of halogens is 1. The summed E-state index contributed by atoms with van der Waals surface area (Å²) in [6.07, 6.45) is 0. The SMILES string of the molecule is CN(Cc1nc(COc2ccc(F)cc2)no1)CC(C)(C)O. The third-order valence-electron chi connectivity index (χ3n) is 2.75. The lowest BCUT2D eigenvalue weighted by Crippen LogP contribution is -2.35. The second-order valence-electron chi connectivity index (χ2n) is 5.83. The molecule has 0 amide bonds. The first kappa shape index (κ1) is 16.4. The summed E-state index contributed by atoms with van der Waals surface area (Å²) in [6, 6.07) is 5.71. The number of rotatable bonds is 7. The highest BCUT2D eigenvalue weighted by Gasteiger charge is 2.17. The van der Waals surface area contributed by atoms with E-state index in [2.05, 4.69) is 10.1 Å². The van der Waals surface area contributed by atoms with Crippen molar-refractivity contribution in [1.29, 1.82) is 0 Å². The molecule has 0 spiro atoms. The molecule has 1 aromatic heterocycles. The lowest BCUT2D eigenvalue weighted by molar-refractivity contribution is 0.0397. The van der Waals surface area contributed by atoms with Gasteiger partial charge in [0.25, 0.3) is 0 Å². The van der Waals surface area contributed by atoms with E-state index in [-0.39, 0.29) is 12.4 Å². The van der Waals surface area contributed by atoms with Crippen molar-refractivity contribution < 1.29 is 18.8 Å². The van der Waals surface area contributed by atoms with Crippen molar-refractivity contribution in [3.05, 3.63) is 41.8 Å². The molecule has 0 saturated carbocycles. The summed E-state index contributed by atoms with van der Waals surface area (Å²) in [7, 11) is 1.86. The number of ether oxygens (including phenoxy) is 1. The van der Waals surface area contributed by atoms with Crippen LogP contribution in [-0.2, 0) is 13.2 Å². The van der Waals surface area contributed by atoms with E-state index >= 15 is 0 Å². The summed E-state index contributed by atoms with van der Waals surface area (Å²) in [5.41, 5.74) is -0.788. The van der Waals surface area contributed by atoms with Gasteiger partial charge in [-0.1, -0.05) is 5.16 Å². The molecule has 0 aliphatic carbocycles. The van der Waals surface area contributed by atoms with E-state index in [1.807, 2.05) is 11.9 Å². The van der Waals surface area contributed by atoms with Crippen molar-refractivity contribution in [2.45, 2.75) is 32.6 Å². The highest BCUT2D eigenvalue weighted by molar-refractivity contribution is 5.22. The Labute approximate surface area is 128 Å². The molecule has 0 aliphatic rings. The lowest BCUT2D eigenvalue weighted by atomic mass is 10.1. The van der Waals surface area contributed by atoms with E-state index in [0.717, 1.165) is 0 Å². The fraction of sp³-hybridized carbons (Fsp3) is 0.467. The van der Waals surface area contributed by atoms with Crippen LogP contribution < -0.4 is 4.74 Å². The maximum absolute atomic E-state index is 12.8. The zero-order chi connectivity index (χ0) is 16.2. The van der Waals surface area contributed by atoms with E-state index < -0.39 is 5.60 Å². The van der Waals surface area contributed by atoms with E-state index in [4.69, 9.17) is 9.26 Å². The molecule has 1 N–H and O–H groups in total. The van der Waals surface area contributed by atoms with Gasteiger partial charge in [-0.25, -0.2) is 4.39 Å². The summed E-state index contributed by atoms with van der Waals surface area (Å²) in [4.78, 5) is 6.10. The molecule has 6 nitrogen and oxygen atoms in total. The Hall–Kier alpha value is -1.99. The fourth-order valence-electron chi connectivity index (χ4n) is 2.04. The summed E-state index contributed by atoms with van der Waals surface area (Å²) in [5.74, 6) is 1.08. The van der Waals surface area contributed by atoms with E-state index in [0.29, 0.717) is 30.6 Å². The van der Waals surface area contributed by atoms with E-state index in [9.17, 15) is 9.50 Å². The van der Waals surface area contributed by atoms with Gasteiger partial charge >= 0.3 is 0 Å². The van der Waals surface area contributed by atoms with Gasteiger partial charge in [-0.3, -0.25) is 4.90 Å². The average Bonchev–Trinajstić information content (AvgIpc) is 2.83. The molecule has 7 heteroatoms. The van der Waals surface area contributed by atoms with Crippen molar-refractivity contribution >= 4 is 0 Å². The number of hydrogen-bond donors (Lipinski definition) is 1. The molecular formula is C15H20FN3O3. The summed E-state index contributed by atoms with van der Waals surface area (Å²) >= 11 is 0. The number of benzene rings is 1. The fourth-order valence-corrected chi connectivity index (χ4v) is 2.04. The average molecular weight is 309 g/mol. The van der Waals surface area contributed by atoms with Crippen molar-refractivity contribution in [2.24, 2.45) is 0 Å². The van der Waals surface area contributed by atoms with Gasteiger partial charge in [0.05, 0.1) is 12.1 Å². The minimum Gasteiger partial charge on any atom is -0.485 e. The maximum Gasteiger partial charge on any atom is 0.240 e. The Morgan fingerprint density at radius 1 is 1.32 bits per heavy atom. The van der Waals surface area contributed by atoms with E-state index in [1.165, 1.54) is 24.3 Å². The Balaban J connectivity index is 1.84. The third-order valence-corrected chi connectivity index (χ3v) is 2.75.